The molecule has 2 rings (SSSR count). The normalized spacial score (nSPS) is 25.7. The summed E-state index contributed by atoms with van der Waals surface area (Å²) in [5.74, 6) is 0.549. The first-order valence-electron chi connectivity index (χ1n) is 5.71. The molecule has 1 aliphatic heterocycles. The monoisotopic (exact) mass is 227 g/mol. The fourth-order valence-corrected chi connectivity index (χ4v) is 2.28. The third-order valence-electron chi connectivity index (χ3n) is 3.08. The smallest absolute Gasteiger partial charge is 0.168 e. The van der Waals surface area contributed by atoms with E-state index in [1.54, 1.807) is 18.0 Å². The summed E-state index contributed by atoms with van der Waals surface area (Å²) in [5.41, 5.74) is -0.777. The van der Waals surface area contributed by atoms with Crippen molar-refractivity contribution >= 4 is 0 Å². The first-order valence-corrected chi connectivity index (χ1v) is 5.71. The number of nitrogens with one attached hydrogen (secondary N) is 1. The van der Waals surface area contributed by atoms with Crippen LogP contribution in [0.2, 0.25) is 0 Å². The second kappa shape index (κ2) is 4.41. The van der Waals surface area contributed by atoms with Crippen molar-refractivity contribution in [3.63, 3.8) is 0 Å². The predicted octanol–water partition coefficient (Wildman–Crippen LogP) is 1.46. The quantitative estimate of drug-likeness (QED) is 0.849. The highest BCUT2D eigenvalue weighted by Crippen LogP contribution is 2.38. The Labute approximate surface area is 94.8 Å². The average molecular weight is 227 g/mol. The molecule has 5 heteroatoms. The van der Waals surface area contributed by atoms with Crippen LogP contribution in [0.1, 0.15) is 25.5 Å². The summed E-state index contributed by atoms with van der Waals surface area (Å²) in [6.07, 6.45) is 2.96. The molecule has 1 fully saturated rings. The van der Waals surface area contributed by atoms with Gasteiger partial charge in [-0.2, -0.15) is 5.10 Å². The standard InChI is InChI=1S/C11H18FN3O/c1-3-15-10(9(16-2)7-14-15)11(12)5-4-6-13-8-11/h7,13H,3-6,8H2,1-2H3. The molecule has 0 saturated carbocycles. The molecular weight excluding hydrogens is 209 g/mol. The van der Waals surface area contributed by atoms with Gasteiger partial charge in [0.05, 0.1) is 13.3 Å². The molecule has 1 aromatic heterocycles. The minimum Gasteiger partial charge on any atom is -0.493 e. The number of aromatic nitrogens is 2. The Balaban J connectivity index is 2.39. The van der Waals surface area contributed by atoms with Crippen LogP contribution < -0.4 is 10.1 Å². The number of hydrogen-bond acceptors (Lipinski definition) is 3. The molecule has 1 atom stereocenters. The highest BCUT2D eigenvalue weighted by atomic mass is 19.1. The van der Waals surface area contributed by atoms with Gasteiger partial charge >= 0.3 is 0 Å². The van der Waals surface area contributed by atoms with E-state index in [2.05, 4.69) is 10.4 Å². The van der Waals surface area contributed by atoms with E-state index in [9.17, 15) is 4.39 Å². The molecule has 0 spiro atoms. The Morgan fingerprint density at radius 2 is 2.50 bits per heavy atom. The number of halogens is 1. The summed E-state index contributed by atoms with van der Waals surface area (Å²) in [5, 5.41) is 7.24. The van der Waals surface area contributed by atoms with Crippen LogP contribution >= 0.6 is 0 Å². The van der Waals surface area contributed by atoms with E-state index in [4.69, 9.17) is 4.74 Å². The molecule has 90 valence electrons. The number of hydrogen-bond donors (Lipinski definition) is 1. The van der Waals surface area contributed by atoms with Crippen LogP contribution in [-0.4, -0.2) is 30.0 Å². The van der Waals surface area contributed by atoms with Crippen molar-refractivity contribution < 1.29 is 9.13 Å². The Bertz CT molecular complexity index is 337. The van der Waals surface area contributed by atoms with Gasteiger partial charge in [-0.3, -0.25) is 4.68 Å². The number of aryl methyl sites for hydroxylation is 1. The molecule has 1 saturated heterocycles. The second-order valence-corrected chi connectivity index (χ2v) is 4.12. The van der Waals surface area contributed by atoms with Gasteiger partial charge < -0.3 is 10.1 Å². The summed E-state index contributed by atoms with van der Waals surface area (Å²) in [7, 11) is 1.56. The van der Waals surface area contributed by atoms with E-state index in [0.29, 0.717) is 31.0 Å². The Hall–Kier alpha value is -1.10. The average Bonchev–Trinajstić information content (AvgIpc) is 2.73. The number of rotatable bonds is 3. The fourth-order valence-electron chi connectivity index (χ4n) is 2.28. The fraction of sp³-hybridized carbons (Fsp3) is 0.727. The van der Waals surface area contributed by atoms with E-state index in [-0.39, 0.29) is 0 Å². The molecule has 0 amide bonds. The van der Waals surface area contributed by atoms with Gasteiger partial charge in [-0.05, 0) is 26.3 Å². The van der Waals surface area contributed by atoms with E-state index in [1.807, 2.05) is 6.92 Å². The zero-order chi connectivity index (χ0) is 11.6. The molecule has 1 N–H and O–H groups in total. The highest BCUT2D eigenvalue weighted by Gasteiger charge is 2.39. The number of piperidine rings is 1. The first kappa shape index (κ1) is 11.4. The Morgan fingerprint density at radius 1 is 1.69 bits per heavy atom. The maximum atomic E-state index is 14.8. The van der Waals surface area contributed by atoms with Gasteiger partial charge in [-0.1, -0.05) is 0 Å². The summed E-state index contributed by atoms with van der Waals surface area (Å²) in [6, 6.07) is 0. The molecule has 0 aliphatic carbocycles. The summed E-state index contributed by atoms with van der Waals surface area (Å²) in [6.45, 7) is 3.84. The summed E-state index contributed by atoms with van der Waals surface area (Å²) < 4.78 is 21.7. The van der Waals surface area contributed by atoms with Crippen LogP contribution in [-0.2, 0) is 12.2 Å². The van der Waals surface area contributed by atoms with E-state index >= 15 is 0 Å². The molecule has 0 radical (unpaired) electrons. The van der Waals surface area contributed by atoms with Gasteiger partial charge in [-0.25, -0.2) is 4.39 Å². The molecule has 1 unspecified atom stereocenters. The largest absolute Gasteiger partial charge is 0.493 e. The lowest BCUT2D eigenvalue weighted by Gasteiger charge is -2.31. The zero-order valence-corrected chi connectivity index (χ0v) is 9.79. The Morgan fingerprint density at radius 3 is 3.06 bits per heavy atom. The van der Waals surface area contributed by atoms with Crippen LogP contribution in [0.15, 0.2) is 6.20 Å². The van der Waals surface area contributed by atoms with E-state index in [0.717, 1.165) is 13.0 Å². The summed E-state index contributed by atoms with van der Waals surface area (Å²) in [4.78, 5) is 0. The molecular formula is C11H18FN3O. The molecule has 1 aliphatic rings. The maximum absolute atomic E-state index is 14.8. The van der Waals surface area contributed by atoms with Crippen LogP contribution in [0.5, 0.6) is 5.75 Å². The molecule has 16 heavy (non-hydrogen) atoms. The van der Waals surface area contributed by atoms with Crippen molar-refractivity contribution in [1.82, 2.24) is 15.1 Å². The third-order valence-corrected chi connectivity index (χ3v) is 3.08. The first-order chi connectivity index (χ1) is 7.71. The van der Waals surface area contributed by atoms with Crippen LogP contribution in [0, 0.1) is 0 Å². The van der Waals surface area contributed by atoms with Gasteiger partial charge in [0, 0.05) is 13.1 Å². The summed E-state index contributed by atoms with van der Waals surface area (Å²) >= 11 is 0. The number of nitrogens with zero attached hydrogens (tertiary/aromatic N) is 2. The lowest BCUT2D eigenvalue weighted by molar-refractivity contribution is 0.106. The SMILES string of the molecule is CCn1ncc(OC)c1C1(F)CCCNC1. The third kappa shape index (κ3) is 1.80. The van der Waals surface area contributed by atoms with Crippen LogP contribution in [0.3, 0.4) is 0 Å². The van der Waals surface area contributed by atoms with E-state index in [1.165, 1.54) is 0 Å². The number of methoxy groups -OCH3 is 1. The van der Waals surface area contributed by atoms with Crippen molar-refractivity contribution in [3.8, 4) is 5.75 Å². The zero-order valence-electron chi connectivity index (χ0n) is 9.79. The number of alkyl halides is 1. The predicted molar refractivity (Wildman–Crippen MR) is 59.3 cm³/mol. The topological polar surface area (TPSA) is 39.1 Å². The number of ether oxygens (including phenoxy) is 1. The van der Waals surface area contributed by atoms with Gasteiger partial charge in [0.2, 0.25) is 0 Å². The lowest BCUT2D eigenvalue weighted by Crippen LogP contribution is -2.41. The van der Waals surface area contributed by atoms with Gasteiger partial charge in [0.25, 0.3) is 0 Å². The van der Waals surface area contributed by atoms with Crippen molar-refractivity contribution in [2.24, 2.45) is 0 Å². The van der Waals surface area contributed by atoms with E-state index < -0.39 is 5.67 Å². The lowest BCUT2D eigenvalue weighted by atomic mass is 9.92. The minimum absolute atomic E-state index is 0.342. The molecule has 1 aromatic rings. The van der Waals surface area contributed by atoms with Crippen molar-refractivity contribution in [2.75, 3.05) is 20.2 Å². The molecule has 4 nitrogen and oxygen atoms in total. The van der Waals surface area contributed by atoms with Crippen molar-refractivity contribution in [1.29, 1.82) is 0 Å². The van der Waals surface area contributed by atoms with Crippen molar-refractivity contribution in [2.45, 2.75) is 32.0 Å². The van der Waals surface area contributed by atoms with Crippen molar-refractivity contribution in [3.05, 3.63) is 11.9 Å². The highest BCUT2D eigenvalue weighted by molar-refractivity contribution is 5.31. The van der Waals surface area contributed by atoms with Gasteiger partial charge in [-0.15, -0.1) is 0 Å². The molecule has 0 bridgehead atoms. The second-order valence-electron chi connectivity index (χ2n) is 4.12. The van der Waals surface area contributed by atoms with Crippen LogP contribution in [0.4, 0.5) is 4.39 Å². The molecule has 2 heterocycles. The maximum Gasteiger partial charge on any atom is 0.168 e. The molecule has 0 aromatic carbocycles. The minimum atomic E-state index is -1.35. The van der Waals surface area contributed by atoms with Gasteiger partial charge in [0.15, 0.2) is 11.4 Å². The Kier molecular flexibility index (Phi) is 3.14. The van der Waals surface area contributed by atoms with Crippen LogP contribution in [0.25, 0.3) is 0 Å². The van der Waals surface area contributed by atoms with Gasteiger partial charge in [0.1, 0.15) is 5.69 Å².